The average Bonchev–Trinajstić information content (AvgIpc) is 3.22. The number of hydrogen-bond donors (Lipinski definition) is 1. The highest BCUT2D eigenvalue weighted by Crippen LogP contribution is 2.58. The van der Waals surface area contributed by atoms with Crippen molar-refractivity contribution in [2.75, 3.05) is 26.3 Å². The van der Waals surface area contributed by atoms with Gasteiger partial charge >= 0.3 is 5.97 Å². The van der Waals surface area contributed by atoms with E-state index >= 15 is 0 Å². The van der Waals surface area contributed by atoms with Gasteiger partial charge in [-0.2, -0.15) is 0 Å². The number of ether oxygens (including phenoxy) is 2. The molecular weight excluding hydrogens is 460 g/mol. The Morgan fingerprint density at radius 2 is 1.83 bits per heavy atom. The second kappa shape index (κ2) is 9.82. The van der Waals surface area contributed by atoms with E-state index < -0.39 is 35.0 Å². The van der Waals surface area contributed by atoms with Gasteiger partial charge in [0.05, 0.1) is 12.5 Å². The zero-order valence-corrected chi connectivity index (χ0v) is 20.7. The molecule has 1 spiro atoms. The summed E-state index contributed by atoms with van der Waals surface area (Å²) in [6.07, 6.45) is 9.73. The number of fused-ring (bicyclic) bond motifs is 2. The molecule has 2 amide bonds. The number of nitrogens with zero attached hydrogens (tertiary/aromatic N) is 2. The molecule has 1 unspecified atom stereocenters. The van der Waals surface area contributed by atoms with Gasteiger partial charge in [0, 0.05) is 26.2 Å². The minimum atomic E-state index is -1.27. The number of aliphatic hydroxyl groups is 1. The van der Waals surface area contributed by atoms with Gasteiger partial charge in [-0.1, -0.05) is 61.6 Å². The van der Waals surface area contributed by atoms with Crippen LogP contribution < -0.4 is 0 Å². The Bertz CT molecular complexity index is 1070. The van der Waals surface area contributed by atoms with E-state index in [1.165, 1.54) is 0 Å². The van der Waals surface area contributed by atoms with Crippen LogP contribution in [0.15, 0.2) is 54.6 Å². The topological polar surface area (TPSA) is 96.4 Å². The number of amides is 2. The van der Waals surface area contributed by atoms with Crippen LogP contribution in [0, 0.1) is 11.8 Å². The fraction of sp³-hybridized carbons (Fsp3) is 0.536. The van der Waals surface area contributed by atoms with Gasteiger partial charge in [0.1, 0.15) is 23.2 Å². The summed E-state index contributed by atoms with van der Waals surface area (Å²) in [6, 6.07) is 8.85. The Hall–Kier alpha value is -2.97. The molecule has 0 bridgehead atoms. The van der Waals surface area contributed by atoms with Crippen molar-refractivity contribution in [3.63, 3.8) is 0 Å². The lowest BCUT2D eigenvalue weighted by molar-refractivity contribution is -0.162. The van der Waals surface area contributed by atoms with Crippen LogP contribution in [0.1, 0.15) is 38.2 Å². The second-order valence-electron chi connectivity index (χ2n) is 10.0. The molecule has 5 rings (SSSR count). The van der Waals surface area contributed by atoms with E-state index in [1.807, 2.05) is 61.6 Å². The van der Waals surface area contributed by atoms with Gasteiger partial charge in [-0.3, -0.25) is 14.4 Å². The van der Waals surface area contributed by atoms with Crippen LogP contribution in [0.5, 0.6) is 0 Å². The molecule has 1 N–H and O–H groups in total. The van der Waals surface area contributed by atoms with Crippen LogP contribution in [0.2, 0.25) is 0 Å². The molecule has 0 saturated carbocycles. The van der Waals surface area contributed by atoms with Crippen molar-refractivity contribution in [1.82, 2.24) is 9.80 Å². The maximum atomic E-state index is 14.2. The fourth-order valence-electron chi connectivity index (χ4n) is 6.35. The molecule has 2 fully saturated rings. The van der Waals surface area contributed by atoms with Crippen molar-refractivity contribution in [3.05, 3.63) is 60.2 Å². The Balaban J connectivity index is 1.59. The van der Waals surface area contributed by atoms with E-state index in [0.717, 1.165) is 5.56 Å². The standard InChI is InChI=1S/C28H34N2O6/c1-2-27-13-6-9-18-35-26(34)22(27)21-24(32)30(16-7-8-17-31)23-25(33)29(15-10-14-28(21,23)36-27)19-20-11-4-3-5-12-20/h3-6,10-14,21-23,31H,2,7-9,15-19H2,1H3/t21-,22-,23?,27+,28-/m0/s1. The molecule has 8 nitrogen and oxygen atoms in total. The van der Waals surface area contributed by atoms with E-state index in [0.29, 0.717) is 45.3 Å². The quantitative estimate of drug-likeness (QED) is 0.355. The minimum Gasteiger partial charge on any atom is -0.465 e. The van der Waals surface area contributed by atoms with E-state index in [9.17, 15) is 19.5 Å². The Morgan fingerprint density at radius 1 is 1.03 bits per heavy atom. The lowest BCUT2D eigenvalue weighted by Gasteiger charge is -2.38. The molecule has 8 heteroatoms. The van der Waals surface area contributed by atoms with Crippen molar-refractivity contribution in [3.8, 4) is 0 Å². The molecule has 36 heavy (non-hydrogen) atoms. The van der Waals surface area contributed by atoms with Gasteiger partial charge < -0.3 is 24.4 Å². The van der Waals surface area contributed by atoms with E-state index in [1.54, 1.807) is 9.80 Å². The molecule has 192 valence electrons. The largest absolute Gasteiger partial charge is 0.465 e. The van der Waals surface area contributed by atoms with Crippen molar-refractivity contribution in [2.24, 2.45) is 11.8 Å². The molecular formula is C28H34N2O6. The number of benzene rings is 1. The number of hydrogen-bond acceptors (Lipinski definition) is 6. The molecule has 1 aromatic carbocycles. The highest BCUT2D eigenvalue weighted by Gasteiger charge is 2.75. The van der Waals surface area contributed by atoms with Gasteiger partial charge in [-0.25, -0.2) is 0 Å². The van der Waals surface area contributed by atoms with Crippen LogP contribution in [0.4, 0.5) is 0 Å². The Labute approximate surface area is 211 Å². The SMILES string of the molecule is CC[C@@]12C=CCCOC(=O)[C@@H]1[C@H]1C(=O)N(CCCCO)C3C(=O)N(Cc4ccccc4)CC=C[C@@]31O2. The van der Waals surface area contributed by atoms with Gasteiger partial charge in [0.2, 0.25) is 11.8 Å². The molecule has 5 atom stereocenters. The molecule has 0 radical (unpaired) electrons. The van der Waals surface area contributed by atoms with Crippen LogP contribution >= 0.6 is 0 Å². The molecule has 1 aromatic rings. The first-order chi connectivity index (χ1) is 17.5. The maximum Gasteiger partial charge on any atom is 0.313 e. The highest BCUT2D eigenvalue weighted by atomic mass is 16.6. The monoisotopic (exact) mass is 494 g/mol. The minimum absolute atomic E-state index is 0.00441. The predicted molar refractivity (Wildman–Crippen MR) is 131 cm³/mol. The first-order valence-corrected chi connectivity index (χ1v) is 12.9. The first-order valence-electron chi connectivity index (χ1n) is 12.9. The molecule has 4 heterocycles. The number of cyclic esters (lactones) is 1. The summed E-state index contributed by atoms with van der Waals surface area (Å²) >= 11 is 0. The molecule has 4 aliphatic heterocycles. The number of aliphatic hydroxyl groups excluding tert-OH is 1. The summed E-state index contributed by atoms with van der Waals surface area (Å²) in [5, 5.41) is 9.33. The zero-order valence-electron chi connectivity index (χ0n) is 20.7. The summed E-state index contributed by atoms with van der Waals surface area (Å²) < 4.78 is 12.4. The fourth-order valence-corrected chi connectivity index (χ4v) is 6.35. The number of carbonyl (C=O) groups excluding carboxylic acids is 3. The van der Waals surface area contributed by atoms with Crippen molar-refractivity contribution < 1.29 is 29.0 Å². The number of esters is 1. The Kier molecular flexibility index (Phi) is 6.74. The van der Waals surface area contributed by atoms with Gasteiger partial charge in [0.25, 0.3) is 0 Å². The average molecular weight is 495 g/mol. The number of unbranched alkanes of at least 4 members (excludes halogenated alkanes) is 1. The normalized spacial score (nSPS) is 33.5. The second-order valence-corrected chi connectivity index (χ2v) is 10.0. The summed E-state index contributed by atoms with van der Waals surface area (Å²) in [5.41, 5.74) is -1.30. The van der Waals surface area contributed by atoms with E-state index in [2.05, 4.69) is 0 Å². The van der Waals surface area contributed by atoms with E-state index in [-0.39, 0.29) is 25.0 Å². The lowest BCUT2D eigenvalue weighted by atomic mass is 9.73. The smallest absolute Gasteiger partial charge is 0.313 e. The molecule has 0 aromatic heterocycles. The third-order valence-electron chi connectivity index (χ3n) is 8.01. The number of rotatable bonds is 7. The molecule has 4 aliphatic rings. The van der Waals surface area contributed by atoms with Gasteiger partial charge in [0.15, 0.2) is 0 Å². The molecule has 2 saturated heterocycles. The van der Waals surface area contributed by atoms with Gasteiger partial charge in [-0.05, 0) is 31.2 Å². The first kappa shape index (κ1) is 24.7. The van der Waals surface area contributed by atoms with Gasteiger partial charge in [-0.15, -0.1) is 0 Å². The van der Waals surface area contributed by atoms with Crippen LogP contribution in [-0.4, -0.2) is 76.2 Å². The summed E-state index contributed by atoms with van der Waals surface area (Å²) in [5.74, 6) is -2.59. The van der Waals surface area contributed by atoms with Crippen LogP contribution in [0.25, 0.3) is 0 Å². The zero-order chi connectivity index (χ0) is 25.3. The van der Waals surface area contributed by atoms with E-state index in [4.69, 9.17) is 9.47 Å². The maximum absolute atomic E-state index is 14.2. The van der Waals surface area contributed by atoms with Crippen molar-refractivity contribution in [2.45, 2.75) is 56.4 Å². The summed E-state index contributed by atoms with van der Waals surface area (Å²) in [7, 11) is 0. The summed E-state index contributed by atoms with van der Waals surface area (Å²) in [6.45, 7) is 3.29. The number of carbonyl (C=O) groups is 3. The van der Waals surface area contributed by atoms with Crippen molar-refractivity contribution in [1.29, 1.82) is 0 Å². The summed E-state index contributed by atoms with van der Waals surface area (Å²) in [4.78, 5) is 45.0. The third kappa shape index (κ3) is 3.87. The van der Waals surface area contributed by atoms with Crippen LogP contribution in [-0.2, 0) is 30.4 Å². The van der Waals surface area contributed by atoms with Crippen LogP contribution in [0.3, 0.4) is 0 Å². The van der Waals surface area contributed by atoms with Crippen molar-refractivity contribution >= 4 is 17.8 Å². The third-order valence-corrected chi connectivity index (χ3v) is 8.01. The highest BCUT2D eigenvalue weighted by molar-refractivity contribution is 5.99. The predicted octanol–water partition coefficient (Wildman–Crippen LogP) is 2.22. The lowest BCUT2D eigenvalue weighted by Crippen LogP contribution is -2.56. The Morgan fingerprint density at radius 3 is 2.58 bits per heavy atom. The number of likely N-dealkylation sites (tertiary alicyclic amines) is 1. The molecule has 0 aliphatic carbocycles.